The van der Waals surface area contributed by atoms with Gasteiger partial charge >= 0.3 is 0 Å². The topological polar surface area (TPSA) is 71.7 Å². The van der Waals surface area contributed by atoms with Gasteiger partial charge in [-0.1, -0.05) is 12.1 Å². The average Bonchev–Trinajstić information content (AvgIpc) is 2.91. The smallest absolute Gasteiger partial charge is 0.272 e. The third-order valence-electron chi connectivity index (χ3n) is 3.44. The maximum Gasteiger partial charge on any atom is 0.272 e. The number of alkyl halides is 2. The Balaban J connectivity index is 0.00000338. The van der Waals surface area contributed by atoms with E-state index in [0.29, 0.717) is 30.7 Å². The summed E-state index contributed by atoms with van der Waals surface area (Å²) in [5.41, 5.74) is 1.75. The number of nitrogens with one attached hydrogen (secondary N) is 2. The first-order valence-corrected chi connectivity index (χ1v) is 7.85. The van der Waals surface area contributed by atoms with Crippen LogP contribution in [0.1, 0.15) is 22.9 Å². The number of benzene rings is 1. The average molecular weight is 480 g/mol. The molecule has 1 aromatic carbocycles. The Labute approximate surface area is 168 Å². The largest absolute Gasteiger partial charge is 0.488 e. The number of aryl methyl sites for hydroxylation is 2. The van der Waals surface area contributed by atoms with Crippen LogP contribution in [0.2, 0.25) is 0 Å². The van der Waals surface area contributed by atoms with Crippen LogP contribution in [0.3, 0.4) is 0 Å². The minimum absolute atomic E-state index is 0. The lowest BCUT2D eigenvalue weighted by Crippen LogP contribution is -2.36. The highest BCUT2D eigenvalue weighted by molar-refractivity contribution is 14.0. The van der Waals surface area contributed by atoms with Crippen molar-refractivity contribution in [1.29, 1.82) is 0 Å². The Morgan fingerprint density at radius 1 is 1.27 bits per heavy atom. The molecule has 0 atom stereocenters. The summed E-state index contributed by atoms with van der Waals surface area (Å²) in [6.45, 7) is 4.01. The fourth-order valence-corrected chi connectivity index (χ4v) is 2.08. The summed E-state index contributed by atoms with van der Waals surface area (Å²) in [5, 5.41) is 6.24. The van der Waals surface area contributed by atoms with E-state index in [2.05, 4.69) is 20.6 Å². The van der Waals surface area contributed by atoms with Crippen molar-refractivity contribution < 1.29 is 17.9 Å². The molecule has 144 valence electrons. The third-order valence-corrected chi connectivity index (χ3v) is 3.44. The molecule has 26 heavy (non-hydrogen) atoms. The quantitative estimate of drug-likeness (QED) is 0.361. The van der Waals surface area contributed by atoms with Crippen LogP contribution < -0.4 is 15.4 Å². The van der Waals surface area contributed by atoms with E-state index in [4.69, 9.17) is 9.15 Å². The lowest BCUT2D eigenvalue weighted by Gasteiger charge is -2.12. The van der Waals surface area contributed by atoms with E-state index in [-0.39, 0.29) is 24.0 Å². The second kappa shape index (κ2) is 10.9. The molecule has 0 amide bonds. The Bertz CT molecular complexity index is 703. The fourth-order valence-electron chi connectivity index (χ4n) is 2.08. The van der Waals surface area contributed by atoms with Crippen molar-refractivity contribution in [2.75, 3.05) is 13.7 Å². The SMILES string of the molecule is CN=C(NCc1cccc(OCC(F)F)c1)NCc1nc(C)c(C)o1.I. The van der Waals surface area contributed by atoms with Gasteiger partial charge in [-0.05, 0) is 31.5 Å². The molecule has 1 heterocycles. The number of ether oxygens (including phenoxy) is 1. The number of guanidine groups is 1. The van der Waals surface area contributed by atoms with Gasteiger partial charge in [-0.2, -0.15) is 0 Å². The van der Waals surface area contributed by atoms with Gasteiger partial charge in [-0.25, -0.2) is 13.8 Å². The summed E-state index contributed by atoms with van der Waals surface area (Å²) in [7, 11) is 1.66. The summed E-state index contributed by atoms with van der Waals surface area (Å²) < 4.78 is 34.9. The normalized spacial score (nSPS) is 11.2. The highest BCUT2D eigenvalue weighted by atomic mass is 127. The molecule has 0 bridgehead atoms. The van der Waals surface area contributed by atoms with Crippen molar-refractivity contribution in [2.24, 2.45) is 4.99 Å². The molecule has 2 rings (SSSR count). The number of hydrogen-bond acceptors (Lipinski definition) is 4. The molecule has 1 aromatic heterocycles. The van der Waals surface area contributed by atoms with Crippen molar-refractivity contribution in [2.45, 2.75) is 33.4 Å². The van der Waals surface area contributed by atoms with E-state index < -0.39 is 13.0 Å². The fraction of sp³-hybridized carbons (Fsp3) is 0.412. The lowest BCUT2D eigenvalue weighted by atomic mass is 10.2. The van der Waals surface area contributed by atoms with Crippen LogP contribution in [0.4, 0.5) is 8.78 Å². The zero-order chi connectivity index (χ0) is 18.2. The molecule has 0 saturated heterocycles. The number of aliphatic imine (C=N–C) groups is 1. The number of halogens is 3. The Hall–Kier alpha value is -1.91. The van der Waals surface area contributed by atoms with Crippen LogP contribution in [-0.2, 0) is 13.1 Å². The second-order valence-corrected chi connectivity index (χ2v) is 5.38. The van der Waals surface area contributed by atoms with E-state index in [0.717, 1.165) is 17.0 Å². The van der Waals surface area contributed by atoms with Crippen molar-refractivity contribution in [3.63, 3.8) is 0 Å². The molecule has 9 heteroatoms. The van der Waals surface area contributed by atoms with Crippen molar-refractivity contribution in [3.8, 4) is 5.75 Å². The van der Waals surface area contributed by atoms with E-state index in [9.17, 15) is 8.78 Å². The van der Waals surface area contributed by atoms with E-state index in [1.165, 1.54) is 0 Å². The lowest BCUT2D eigenvalue weighted by molar-refractivity contribution is 0.0818. The molecule has 0 radical (unpaired) electrons. The predicted molar refractivity (Wildman–Crippen MR) is 106 cm³/mol. The molecule has 2 N–H and O–H groups in total. The van der Waals surface area contributed by atoms with Gasteiger partial charge in [0.05, 0.1) is 12.2 Å². The number of rotatable bonds is 7. The van der Waals surface area contributed by atoms with Crippen LogP contribution in [0.5, 0.6) is 5.75 Å². The molecule has 0 fully saturated rings. The molecular weight excluding hydrogens is 457 g/mol. The van der Waals surface area contributed by atoms with Crippen LogP contribution in [-0.4, -0.2) is 31.0 Å². The Kier molecular flexibility index (Phi) is 9.31. The number of aromatic nitrogens is 1. The highest BCUT2D eigenvalue weighted by Gasteiger charge is 2.07. The first-order valence-electron chi connectivity index (χ1n) is 7.85. The third kappa shape index (κ3) is 7.14. The van der Waals surface area contributed by atoms with Gasteiger partial charge in [0, 0.05) is 13.6 Å². The van der Waals surface area contributed by atoms with Gasteiger partial charge in [0.25, 0.3) is 6.43 Å². The van der Waals surface area contributed by atoms with Gasteiger partial charge in [0.1, 0.15) is 18.1 Å². The standard InChI is InChI=1S/C17H22F2N4O2.HI/c1-11-12(2)25-16(23-11)9-22-17(20-3)21-8-13-5-4-6-14(7-13)24-10-15(18)19;/h4-7,15H,8-10H2,1-3H3,(H2,20,21,22);1H. The summed E-state index contributed by atoms with van der Waals surface area (Å²) in [6.07, 6.45) is -2.49. The zero-order valence-corrected chi connectivity index (χ0v) is 17.2. The molecular formula is C17H23F2IN4O2. The van der Waals surface area contributed by atoms with Gasteiger partial charge in [-0.3, -0.25) is 4.99 Å². The van der Waals surface area contributed by atoms with Crippen LogP contribution in [0, 0.1) is 13.8 Å². The van der Waals surface area contributed by atoms with E-state index >= 15 is 0 Å². The molecule has 0 aliphatic carbocycles. The summed E-state index contributed by atoms with van der Waals surface area (Å²) >= 11 is 0. The summed E-state index contributed by atoms with van der Waals surface area (Å²) in [4.78, 5) is 8.42. The van der Waals surface area contributed by atoms with Gasteiger partial charge < -0.3 is 19.8 Å². The molecule has 0 aliphatic rings. The first-order chi connectivity index (χ1) is 12.0. The minimum atomic E-state index is -2.49. The van der Waals surface area contributed by atoms with Crippen LogP contribution >= 0.6 is 24.0 Å². The molecule has 0 unspecified atom stereocenters. The van der Waals surface area contributed by atoms with Gasteiger partial charge in [-0.15, -0.1) is 24.0 Å². The monoisotopic (exact) mass is 480 g/mol. The zero-order valence-electron chi connectivity index (χ0n) is 14.9. The highest BCUT2D eigenvalue weighted by Crippen LogP contribution is 2.14. The molecule has 0 spiro atoms. The Morgan fingerprint density at radius 2 is 2.00 bits per heavy atom. The predicted octanol–water partition coefficient (Wildman–Crippen LogP) is 3.42. The maximum atomic E-state index is 12.2. The number of nitrogens with zero attached hydrogens (tertiary/aromatic N) is 2. The summed E-state index contributed by atoms with van der Waals surface area (Å²) in [6, 6.07) is 6.98. The van der Waals surface area contributed by atoms with Crippen molar-refractivity contribution >= 4 is 29.9 Å². The van der Waals surface area contributed by atoms with Crippen LogP contribution in [0.15, 0.2) is 33.7 Å². The number of hydrogen-bond donors (Lipinski definition) is 2. The van der Waals surface area contributed by atoms with Crippen LogP contribution in [0.25, 0.3) is 0 Å². The summed E-state index contributed by atoms with van der Waals surface area (Å²) in [5.74, 6) is 2.36. The van der Waals surface area contributed by atoms with E-state index in [1.807, 2.05) is 19.9 Å². The molecule has 6 nitrogen and oxygen atoms in total. The minimum Gasteiger partial charge on any atom is -0.488 e. The molecule has 2 aromatic rings. The van der Waals surface area contributed by atoms with Gasteiger partial charge in [0.15, 0.2) is 5.96 Å². The maximum absolute atomic E-state index is 12.2. The second-order valence-electron chi connectivity index (χ2n) is 5.38. The first kappa shape index (κ1) is 22.1. The van der Waals surface area contributed by atoms with Gasteiger partial charge in [0.2, 0.25) is 5.89 Å². The van der Waals surface area contributed by atoms with Crippen molar-refractivity contribution in [3.05, 3.63) is 47.2 Å². The van der Waals surface area contributed by atoms with E-state index in [1.54, 1.807) is 25.2 Å². The van der Waals surface area contributed by atoms with Crippen molar-refractivity contribution in [1.82, 2.24) is 15.6 Å². The molecule has 0 saturated carbocycles. The molecule has 0 aliphatic heterocycles. The Morgan fingerprint density at radius 3 is 2.62 bits per heavy atom. The number of oxazole rings is 1.